The van der Waals surface area contributed by atoms with Crippen LogP contribution in [0.15, 0.2) is 82.6 Å². The molecule has 2 saturated heterocycles. The monoisotopic (exact) mass is 1230 g/mol. The van der Waals surface area contributed by atoms with Crippen LogP contribution >= 0.6 is 21.6 Å². The Morgan fingerprint density at radius 3 is 2.13 bits per heavy atom. The first kappa shape index (κ1) is 67.1. The molecule has 0 bridgehead atoms. The first-order valence-electron chi connectivity index (χ1n) is 28.7. The molecule has 3 aliphatic rings. The van der Waals surface area contributed by atoms with Gasteiger partial charge in [0.25, 0.3) is 0 Å². The second-order valence-corrected chi connectivity index (χ2v) is 23.6. The maximum atomic E-state index is 15.0. The summed E-state index contributed by atoms with van der Waals surface area (Å²) in [5.74, 6) is -7.57. The first-order valence-corrected chi connectivity index (χ1v) is 31.2. The van der Waals surface area contributed by atoms with Gasteiger partial charge in [0.15, 0.2) is 5.96 Å². The van der Waals surface area contributed by atoms with Crippen LogP contribution in [0.3, 0.4) is 0 Å². The number of carbonyl (C=O) groups is 10. The molecule has 0 unspecified atom stereocenters. The molecule has 86 heavy (non-hydrogen) atoms. The number of H-pyrrole nitrogens is 1. The van der Waals surface area contributed by atoms with Gasteiger partial charge in [-0.2, -0.15) is 0 Å². The maximum absolute atomic E-state index is 15.0. The Morgan fingerprint density at radius 1 is 0.779 bits per heavy atom. The molecule has 29 heteroatoms. The van der Waals surface area contributed by atoms with E-state index in [1.165, 1.54) is 29.7 Å². The van der Waals surface area contributed by atoms with Crippen LogP contribution < -0.4 is 65.1 Å². The Balaban J connectivity index is 1.36. The summed E-state index contributed by atoms with van der Waals surface area (Å²) in [6.07, 6.45) is 7.39. The number of aromatic nitrogens is 1. The number of benzene rings is 2. The second kappa shape index (κ2) is 34.2. The van der Waals surface area contributed by atoms with Crippen LogP contribution in [0.1, 0.15) is 82.3 Å². The number of nitrogens with one attached hydrogen (secondary N) is 10. The van der Waals surface area contributed by atoms with E-state index in [1.807, 2.05) is 18.2 Å². The number of para-hydroxylation sites is 1. The van der Waals surface area contributed by atoms with Crippen molar-refractivity contribution in [1.29, 1.82) is 0 Å². The number of nitrogens with zero attached hydrogens (tertiary/aromatic N) is 3. The number of unbranched alkanes of at least 4 members (excludes halogenated alkanes) is 1. The Kier molecular flexibility index (Phi) is 26.7. The van der Waals surface area contributed by atoms with E-state index in [4.69, 9.17) is 17.2 Å². The van der Waals surface area contributed by atoms with Gasteiger partial charge in [0.1, 0.15) is 54.4 Å². The standard InChI is InChI=1S/C57H80N16O11S2/c1-33(75)65-41-21-26-85-86-32-46(54(82)71-45(31-74)56(84)73-25-12-20-47(73)55(83)67-39(48(76)61-2)18-8-9-22-58)72-52(80)43(28-35-30-64-38-17-7-6-16-37(35)38)69-49(77)40(19-11-24-63-57(59)60)66-51(79)42(27-34-13-4-3-5-14-34)68-53(81)44(70-50(41)78)29-36-15-10-23-62-36/h3-7,13-17,23,30,39-47,64,74H,8-12,18-22,24-29,31-32,58H2,1-2H3,(H,61,76)(H,65,75)(H,66,79)(H,67,83)(H,68,81)(H,69,77)(H,70,78)(H,71,82)(H,72,80)(H4,59,60,63)/t39-,40-,41-,42+,43-,44-,45-,46-,47-/m0/s1. The Morgan fingerprint density at radius 2 is 1.44 bits per heavy atom. The van der Waals surface area contributed by atoms with Crippen LogP contribution in [0.5, 0.6) is 0 Å². The predicted octanol–water partition coefficient (Wildman–Crippen LogP) is -1.70. The lowest BCUT2D eigenvalue weighted by atomic mass is 10.0. The van der Waals surface area contributed by atoms with Crippen molar-refractivity contribution in [2.24, 2.45) is 27.2 Å². The van der Waals surface area contributed by atoms with E-state index in [0.29, 0.717) is 60.9 Å². The van der Waals surface area contributed by atoms with Crippen molar-refractivity contribution in [2.45, 2.75) is 138 Å². The lowest BCUT2D eigenvalue weighted by Gasteiger charge is -2.30. The van der Waals surface area contributed by atoms with Crippen LogP contribution in [0.4, 0.5) is 0 Å². The van der Waals surface area contributed by atoms with Gasteiger partial charge in [-0.05, 0) is 75.1 Å². The topological polar surface area (TPSA) is 421 Å². The van der Waals surface area contributed by atoms with E-state index in [-0.39, 0.29) is 75.5 Å². The highest BCUT2D eigenvalue weighted by Gasteiger charge is 2.40. The van der Waals surface area contributed by atoms with Gasteiger partial charge in [-0.15, -0.1) is 0 Å². The Hall–Kier alpha value is -8.02. The lowest BCUT2D eigenvalue weighted by Crippen LogP contribution is -2.61. The summed E-state index contributed by atoms with van der Waals surface area (Å²) in [5.41, 5.74) is 19.4. The number of carbonyl (C=O) groups excluding carboxylic acids is 10. The summed E-state index contributed by atoms with van der Waals surface area (Å²) in [7, 11) is 3.71. The first-order chi connectivity index (χ1) is 41.4. The molecule has 466 valence electrons. The van der Waals surface area contributed by atoms with Gasteiger partial charge in [-0.3, -0.25) is 57.9 Å². The van der Waals surface area contributed by atoms with E-state index in [2.05, 4.69) is 62.8 Å². The zero-order chi connectivity index (χ0) is 62.1. The van der Waals surface area contributed by atoms with Gasteiger partial charge in [0, 0.05) is 93.3 Å². The van der Waals surface area contributed by atoms with Crippen LogP contribution in [0.25, 0.3) is 10.9 Å². The number of aliphatic hydroxyl groups excluding tert-OH is 1. The third-order valence-electron chi connectivity index (χ3n) is 14.6. The third kappa shape index (κ3) is 20.3. The van der Waals surface area contributed by atoms with Gasteiger partial charge in [0.2, 0.25) is 59.1 Å². The molecule has 4 heterocycles. The molecule has 0 radical (unpaired) electrons. The number of likely N-dealkylation sites (N-methyl/N-ethyl adjacent to an activating group) is 1. The zero-order valence-corrected chi connectivity index (χ0v) is 49.9. The number of aliphatic imine (C=N–C) groups is 2. The van der Waals surface area contributed by atoms with Gasteiger partial charge in [-0.25, -0.2) is 0 Å². The largest absolute Gasteiger partial charge is 0.394 e. The van der Waals surface area contributed by atoms with Gasteiger partial charge in [-0.1, -0.05) is 76.2 Å². The molecule has 2 aromatic carbocycles. The number of rotatable bonds is 22. The van der Waals surface area contributed by atoms with Crippen LogP contribution in [-0.2, 0) is 60.8 Å². The Labute approximate surface area is 506 Å². The summed E-state index contributed by atoms with van der Waals surface area (Å²) in [4.78, 5) is 154. The zero-order valence-electron chi connectivity index (χ0n) is 48.3. The van der Waals surface area contributed by atoms with Crippen molar-refractivity contribution in [3.05, 3.63) is 83.7 Å². The molecule has 0 spiro atoms. The molecule has 2 fully saturated rings. The van der Waals surface area contributed by atoms with Crippen LogP contribution in [-0.4, -0.2) is 185 Å². The SMILES string of the molecule is CNC(=O)[C@H](CCCCN)NC(=O)[C@@H]1CCCN1C(=O)[C@H](CO)NC(=O)[C@@H]1CSSCC[C@H](NC(C)=O)C(=O)N[C@@H](CC2=CCC=N2)C(=O)N[C@H](Cc2ccccc2)C(=O)N[C@@H](CCCN=C(N)N)C(=O)N[C@@H](Cc2c[nH]c3ccccc23)C(=O)N1. The molecule has 10 amide bonds. The number of allylic oxidation sites excluding steroid dienone is 1. The smallest absolute Gasteiger partial charge is 0.248 e. The van der Waals surface area contributed by atoms with Crippen molar-refractivity contribution in [2.75, 3.05) is 44.8 Å². The van der Waals surface area contributed by atoms with E-state index >= 15 is 4.79 Å². The number of amides is 10. The summed E-state index contributed by atoms with van der Waals surface area (Å²) in [6, 6.07) is 4.21. The minimum absolute atomic E-state index is 0.00700. The van der Waals surface area contributed by atoms with Crippen molar-refractivity contribution < 1.29 is 53.1 Å². The number of nitrogens with two attached hydrogens (primary N) is 3. The van der Waals surface area contributed by atoms with Crippen LogP contribution in [0, 0.1) is 0 Å². The van der Waals surface area contributed by atoms with Crippen LogP contribution in [0.2, 0.25) is 0 Å². The molecular weight excluding hydrogens is 1150 g/mol. The molecule has 17 N–H and O–H groups in total. The van der Waals surface area contributed by atoms with E-state index in [1.54, 1.807) is 54.9 Å². The highest BCUT2D eigenvalue weighted by molar-refractivity contribution is 8.76. The molecule has 1 aromatic heterocycles. The fourth-order valence-electron chi connectivity index (χ4n) is 10.1. The summed E-state index contributed by atoms with van der Waals surface area (Å²) in [5, 5.41) is 35.9. The number of aromatic amines is 1. The van der Waals surface area contributed by atoms with Crippen molar-refractivity contribution in [3.8, 4) is 0 Å². The lowest BCUT2D eigenvalue weighted by molar-refractivity contribution is -0.143. The molecule has 27 nitrogen and oxygen atoms in total. The third-order valence-corrected chi connectivity index (χ3v) is 17.0. The quantitative estimate of drug-likeness (QED) is 0.0231. The number of aliphatic hydroxyl groups is 1. The van der Waals surface area contributed by atoms with Crippen molar-refractivity contribution in [3.63, 3.8) is 0 Å². The number of hydrogen-bond acceptors (Lipinski definition) is 16. The minimum Gasteiger partial charge on any atom is -0.394 e. The minimum atomic E-state index is -1.62. The number of guanidine groups is 1. The molecule has 0 aliphatic carbocycles. The highest BCUT2D eigenvalue weighted by Crippen LogP contribution is 2.26. The summed E-state index contributed by atoms with van der Waals surface area (Å²) >= 11 is 0. The summed E-state index contributed by atoms with van der Waals surface area (Å²) in [6.45, 7) is 0.823. The number of hydrogen-bond donors (Lipinski definition) is 14. The fraction of sp³-hybridized carbons (Fsp3) is 0.509. The second-order valence-electron chi connectivity index (χ2n) is 21.0. The average Bonchev–Trinajstić information content (AvgIpc) is 4.49. The van der Waals surface area contributed by atoms with Crippen molar-refractivity contribution in [1.82, 2.24) is 57.7 Å². The Bertz CT molecular complexity index is 2960. The molecular formula is C57H80N16O11S2. The highest BCUT2D eigenvalue weighted by atomic mass is 33.1. The van der Waals surface area contributed by atoms with Gasteiger partial charge >= 0.3 is 0 Å². The molecule has 3 aliphatic heterocycles. The molecule has 6 rings (SSSR count). The molecule has 0 saturated carbocycles. The van der Waals surface area contributed by atoms with E-state index in [9.17, 15) is 48.3 Å². The van der Waals surface area contributed by atoms with Gasteiger partial charge < -0.3 is 80.0 Å². The molecule has 9 atom stereocenters. The predicted molar refractivity (Wildman–Crippen MR) is 327 cm³/mol. The fourth-order valence-corrected chi connectivity index (χ4v) is 12.3. The number of fused-ring (bicyclic) bond motifs is 1. The van der Waals surface area contributed by atoms with Crippen molar-refractivity contribution >= 4 is 104 Å². The summed E-state index contributed by atoms with van der Waals surface area (Å²) < 4.78 is 0. The maximum Gasteiger partial charge on any atom is 0.248 e. The number of likely N-dealkylation sites (tertiary alicyclic amines) is 1. The van der Waals surface area contributed by atoms with E-state index in [0.717, 1.165) is 16.3 Å². The van der Waals surface area contributed by atoms with Gasteiger partial charge in [0.05, 0.1) is 6.61 Å². The molecule has 3 aromatic rings. The normalized spacial score (nSPS) is 22.5. The van der Waals surface area contributed by atoms with E-state index < -0.39 is 120 Å². The average molecular weight is 1230 g/mol.